The maximum Gasteiger partial charge on any atom is 0.181 e. The fourth-order valence-corrected chi connectivity index (χ4v) is 1.80. The average Bonchev–Trinajstić information content (AvgIpc) is 2.62. The van der Waals surface area contributed by atoms with E-state index in [1.54, 1.807) is 35.9 Å². The molecule has 0 N–H and O–H groups in total. The second-order valence-corrected chi connectivity index (χ2v) is 3.62. The first-order chi connectivity index (χ1) is 6.34. The van der Waals surface area contributed by atoms with Crippen LogP contribution in [0.1, 0.15) is 5.56 Å². The monoisotopic (exact) mass is 191 g/mol. The number of hydrogen-bond acceptors (Lipinski definition) is 2. The van der Waals surface area contributed by atoms with Crippen molar-refractivity contribution < 1.29 is 0 Å². The van der Waals surface area contributed by atoms with Crippen LogP contribution in [-0.4, -0.2) is 4.57 Å². The summed E-state index contributed by atoms with van der Waals surface area (Å²) < 4.78 is 1.99. The van der Waals surface area contributed by atoms with Crippen LogP contribution in [0.5, 0.6) is 0 Å². The zero-order chi connectivity index (χ0) is 9.10. The van der Waals surface area contributed by atoms with E-state index in [9.17, 15) is 4.79 Å². The summed E-state index contributed by atoms with van der Waals surface area (Å²) in [6, 6.07) is 5.24. The molecular formula is C10H9NOS. The maximum atomic E-state index is 10.8. The SMILES string of the molecule is O=c1ccn(Cc2ccsc2)cc1. The fraction of sp³-hybridized carbons (Fsp3) is 0.100. The summed E-state index contributed by atoms with van der Waals surface area (Å²) in [7, 11) is 0. The number of hydrogen-bond donors (Lipinski definition) is 0. The third-order valence-electron chi connectivity index (χ3n) is 1.81. The van der Waals surface area contributed by atoms with Gasteiger partial charge in [0.05, 0.1) is 0 Å². The van der Waals surface area contributed by atoms with Gasteiger partial charge in [0.25, 0.3) is 0 Å². The molecule has 2 rings (SSSR count). The van der Waals surface area contributed by atoms with Crippen molar-refractivity contribution in [1.29, 1.82) is 0 Å². The highest BCUT2D eigenvalue weighted by molar-refractivity contribution is 7.07. The van der Waals surface area contributed by atoms with Crippen LogP contribution in [0.3, 0.4) is 0 Å². The standard InChI is InChI=1S/C10H9NOS/c12-10-1-4-11(5-2-10)7-9-3-6-13-8-9/h1-6,8H,7H2. The van der Waals surface area contributed by atoms with E-state index in [0.29, 0.717) is 0 Å². The smallest absolute Gasteiger partial charge is 0.181 e. The summed E-state index contributed by atoms with van der Waals surface area (Å²) in [5, 5.41) is 4.16. The molecule has 0 spiro atoms. The fourth-order valence-electron chi connectivity index (χ4n) is 1.14. The molecule has 2 aromatic rings. The Balaban J connectivity index is 2.19. The van der Waals surface area contributed by atoms with E-state index in [1.807, 2.05) is 4.57 Å². The van der Waals surface area contributed by atoms with Crippen molar-refractivity contribution in [3.8, 4) is 0 Å². The molecule has 0 bridgehead atoms. The van der Waals surface area contributed by atoms with Gasteiger partial charge in [-0.15, -0.1) is 0 Å². The topological polar surface area (TPSA) is 22.0 Å². The second kappa shape index (κ2) is 3.58. The Morgan fingerprint density at radius 2 is 2.00 bits per heavy atom. The van der Waals surface area contributed by atoms with E-state index in [0.717, 1.165) is 6.54 Å². The van der Waals surface area contributed by atoms with Gasteiger partial charge in [0, 0.05) is 31.1 Å². The lowest BCUT2D eigenvalue weighted by Crippen LogP contribution is -2.03. The third-order valence-corrected chi connectivity index (χ3v) is 2.54. The molecule has 0 aromatic carbocycles. The molecule has 0 atom stereocenters. The average molecular weight is 191 g/mol. The Bertz CT molecular complexity index is 410. The summed E-state index contributed by atoms with van der Waals surface area (Å²) in [6.45, 7) is 0.837. The van der Waals surface area contributed by atoms with Gasteiger partial charge in [0.2, 0.25) is 0 Å². The molecule has 2 heterocycles. The van der Waals surface area contributed by atoms with Crippen LogP contribution in [0.25, 0.3) is 0 Å². The molecular weight excluding hydrogens is 182 g/mol. The van der Waals surface area contributed by atoms with Crippen molar-refractivity contribution in [2.75, 3.05) is 0 Å². The predicted molar refractivity (Wildman–Crippen MR) is 54.1 cm³/mol. The minimum Gasteiger partial charge on any atom is -0.350 e. The molecule has 3 heteroatoms. The van der Waals surface area contributed by atoms with Crippen LogP contribution in [0.2, 0.25) is 0 Å². The number of thiophene rings is 1. The Hall–Kier alpha value is -1.35. The van der Waals surface area contributed by atoms with Crippen molar-refractivity contribution in [3.05, 3.63) is 57.1 Å². The van der Waals surface area contributed by atoms with E-state index in [2.05, 4.69) is 16.8 Å². The van der Waals surface area contributed by atoms with Crippen LogP contribution in [-0.2, 0) is 6.54 Å². The van der Waals surface area contributed by atoms with Gasteiger partial charge in [0.1, 0.15) is 0 Å². The number of aromatic nitrogens is 1. The van der Waals surface area contributed by atoms with Gasteiger partial charge >= 0.3 is 0 Å². The molecule has 2 nitrogen and oxygen atoms in total. The molecule has 0 aliphatic heterocycles. The van der Waals surface area contributed by atoms with Gasteiger partial charge in [0.15, 0.2) is 5.43 Å². The lowest BCUT2D eigenvalue weighted by Gasteiger charge is -2.02. The van der Waals surface area contributed by atoms with E-state index in [1.165, 1.54) is 5.56 Å². The van der Waals surface area contributed by atoms with Gasteiger partial charge in [-0.25, -0.2) is 0 Å². The minimum absolute atomic E-state index is 0.0570. The third kappa shape index (κ3) is 2.06. The van der Waals surface area contributed by atoms with Crippen molar-refractivity contribution in [3.63, 3.8) is 0 Å². The molecule has 13 heavy (non-hydrogen) atoms. The molecule has 0 aliphatic carbocycles. The maximum absolute atomic E-state index is 10.8. The molecule has 0 fully saturated rings. The lowest BCUT2D eigenvalue weighted by molar-refractivity contribution is 0.791. The largest absolute Gasteiger partial charge is 0.350 e. The molecule has 2 aromatic heterocycles. The Labute approximate surface area is 80.1 Å². The molecule has 66 valence electrons. The van der Waals surface area contributed by atoms with Crippen molar-refractivity contribution in [1.82, 2.24) is 4.57 Å². The van der Waals surface area contributed by atoms with Crippen LogP contribution in [0, 0.1) is 0 Å². The summed E-state index contributed by atoms with van der Waals surface area (Å²) in [5.41, 5.74) is 1.33. The van der Waals surface area contributed by atoms with Gasteiger partial charge in [-0.3, -0.25) is 4.79 Å². The molecule has 0 unspecified atom stereocenters. The Kier molecular flexibility index (Phi) is 2.27. The highest BCUT2D eigenvalue weighted by Crippen LogP contribution is 2.07. The summed E-state index contributed by atoms with van der Waals surface area (Å²) >= 11 is 1.69. The van der Waals surface area contributed by atoms with Crippen molar-refractivity contribution in [2.24, 2.45) is 0 Å². The van der Waals surface area contributed by atoms with Crippen LogP contribution < -0.4 is 5.43 Å². The lowest BCUT2D eigenvalue weighted by atomic mass is 10.3. The van der Waals surface area contributed by atoms with Crippen LogP contribution >= 0.6 is 11.3 Å². The highest BCUT2D eigenvalue weighted by atomic mass is 32.1. The number of pyridine rings is 1. The summed E-state index contributed by atoms with van der Waals surface area (Å²) in [4.78, 5) is 10.8. The van der Waals surface area contributed by atoms with Gasteiger partial charge in [-0.1, -0.05) is 0 Å². The van der Waals surface area contributed by atoms with Crippen molar-refractivity contribution in [2.45, 2.75) is 6.54 Å². The molecule has 0 saturated carbocycles. The van der Waals surface area contributed by atoms with Gasteiger partial charge in [-0.2, -0.15) is 11.3 Å². The molecule has 0 saturated heterocycles. The van der Waals surface area contributed by atoms with Crippen LogP contribution in [0.4, 0.5) is 0 Å². The highest BCUT2D eigenvalue weighted by Gasteiger charge is 1.92. The second-order valence-electron chi connectivity index (χ2n) is 2.84. The quantitative estimate of drug-likeness (QED) is 0.711. The normalized spacial score (nSPS) is 10.2. The van der Waals surface area contributed by atoms with Crippen LogP contribution in [0.15, 0.2) is 46.1 Å². The predicted octanol–water partition coefficient (Wildman–Crippen LogP) is 1.96. The molecule has 0 radical (unpaired) electrons. The zero-order valence-electron chi connectivity index (χ0n) is 7.01. The number of nitrogens with zero attached hydrogens (tertiary/aromatic N) is 1. The summed E-state index contributed by atoms with van der Waals surface area (Å²) in [5.74, 6) is 0. The Morgan fingerprint density at radius 3 is 2.62 bits per heavy atom. The molecule has 0 aliphatic rings. The first-order valence-electron chi connectivity index (χ1n) is 4.02. The van der Waals surface area contributed by atoms with Crippen molar-refractivity contribution >= 4 is 11.3 Å². The van der Waals surface area contributed by atoms with Gasteiger partial charge in [-0.05, 0) is 22.4 Å². The summed E-state index contributed by atoms with van der Waals surface area (Å²) in [6.07, 6.45) is 3.61. The minimum atomic E-state index is 0.0570. The van der Waals surface area contributed by atoms with E-state index < -0.39 is 0 Å². The van der Waals surface area contributed by atoms with Gasteiger partial charge < -0.3 is 4.57 Å². The number of rotatable bonds is 2. The first-order valence-corrected chi connectivity index (χ1v) is 4.96. The zero-order valence-corrected chi connectivity index (χ0v) is 7.83. The van der Waals surface area contributed by atoms with E-state index >= 15 is 0 Å². The van der Waals surface area contributed by atoms with E-state index in [4.69, 9.17) is 0 Å². The Morgan fingerprint density at radius 1 is 1.23 bits per heavy atom. The first kappa shape index (κ1) is 8.26. The van der Waals surface area contributed by atoms with E-state index in [-0.39, 0.29) is 5.43 Å². The molecule has 0 amide bonds.